The van der Waals surface area contributed by atoms with E-state index in [4.69, 9.17) is 9.47 Å². The summed E-state index contributed by atoms with van der Waals surface area (Å²) in [6.45, 7) is 6.07. The molecule has 3 aliphatic heterocycles. The van der Waals surface area contributed by atoms with Gasteiger partial charge < -0.3 is 9.47 Å². The molecule has 3 aliphatic rings. The van der Waals surface area contributed by atoms with Crippen molar-refractivity contribution in [1.29, 1.82) is 0 Å². The van der Waals surface area contributed by atoms with Gasteiger partial charge in [-0.05, 0) is 66.3 Å². The maximum atomic E-state index is 13.2. The lowest BCUT2D eigenvalue weighted by Crippen LogP contribution is -2.55. The molecule has 3 heterocycles. The minimum atomic E-state index is -0.355. The molecular weight excluding hydrogens is 398 g/mol. The third-order valence-electron chi connectivity index (χ3n) is 7.18. The Morgan fingerprint density at radius 1 is 1.12 bits per heavy atom. The summed E-state index contributed by atoms with van der Waals surface area (Å²) >= 11 is 0. The maximum absolute atomic E-state index is 13.2. The van der Waals surface area contributed by atoms with Gasteiger partial charge in [-0.1, -0.05) is 48.5 Å². The van der Waals surface area contributed by atoms with Gasteiger partial charge in [0.05, 0.1) is 18.7 Å². The van der Waals surface area contributed by atoms with Gasteiger partial charge in [0.25, 0.3) is 0 Å². The van der Waals surface area contributed by atoms with Gasteiger partial charge in [0.2, 0.25) is 0 Å². The lowest BCUT2D eigenvalue weighted by Gasteiger charge is -2.51. The fraction of sp³-hybridized carbons (Fsp3) is 0.321. The van der Waals surface area contributed by atoms with E-state index in [0.29, 0.717) is 17.4 Å². The number of piperidine rings is 3. The highest BCUT2D eigenvalue weighted by atomic mass is 16.5. The molecule has 4 heteroatoms. The van der Waals surface area contributed by atoms with E-state index in [1.54, 1.807) is 7.11 Å². The van der Waals surface area contributed by atoms with Crippen LogP contribution in [0.4, 0.5) is 0 Å². The van der Waals surface area contributed by atoms with E-state index in [9.17, 15) is 4.79 Å². The maximum Gasteiger partial charge on any atom is 0.338 e. The van der Waals surface area contributed by atoms with E-state index in [1.165, 1.54) is 6.42 Å². The number of fused-ring (bicyclic) bond motifs is 4. The first-order chi connectivity index (χ1) is 15.7. The third kappa shape index (κ3) is 3.80. The van der Waals surface area contributed by atoms with Gasteiger partial charge in [0.15, 0.2) is 0 Å². The van der Waals surface area contributed by atoms with Crippen LogP contribution >= 0.6 is 0 Å². The Kier molecular flexibility index (Phi) is 5.71. The van der Waals surface area contributed by atoms with Crippen molar-refractivity contribution in [1.82, 2.24) is 4.90 Å². The van der Waals surface area contributed by atoms with Crippen LogP contribution in [0.3, 0.4) is 0 Å². The molecule has 0 aliphatic carbocycles. The van der Waals surface area contributed by atoms with E-state index in [1.807, 2.05) is 36.4 Å². The SMILES string of the molecule is C=CC1CN2CC[C@H]1C[C@H]2[C@H](OC(=O)c1ccccc1)c1cccc2ccc(OC)cc12. The Hall–Kier alpha value is -3.11. The average molecular weight is 428 g/mol. The molecule has 0 N–H and O–H groups in total. The molecule has 164 valence electrons. The van der Waals surface area contributed by atoms with Crippen molar-refractivity contribution in [3.8, 4) is 5.75 Å². The standard InChI is InChI=1S/C28H29NO3/c1-3-19-18-29-15-14-22(19)16-26(29)27(32-28(30)21-8-5-4-6-9-21)24-11-7-10-20-12-13-23(31-2)17-25(20)24/h3-13,17,19,22,26-27H,1,14-16,18H2,2H3/t19?,22-,26-,27+/m0/s1. The summed E-state index contributed by atoms with van der Waals surface area (Å²) < 4.78 is 11.8. The Morgan fingerprint density at radius 2 is 1.97 bits per heavy atom. The quantitative estimate of drug-likeness (QED) is 0.377. The second-order valence-corrected chi connectivity index (χ2v) is 8.87. The lowest BCUT2D eigenvalue weighted by atomic mass is 9.73. The predicted octanol–water partition coefficient (Wildman–Crippen LogP) is 5.64. The van der Waals surface area contributed by atoms with Crippen LogP contribution < -0.4 is 4.74 Å². The van der Waals surface area contributed by atoms with Gasteiger partial charge in [0, 0.05) is 12.1 Å². The summed E-state index contributed by atoms with van der Waals surface area (Å²) in [6, 6.07) is 21.7. The molecule has 2 unspecified atom stereocenters. The van der Waals surface area contributed by atoms with Gasteiger partial charge in [-0.3, -0.25) is 4.90 Å². The summed E-state index contributed by atoms with van der Waals surface area (Å²) in [4.78, 5) is 15.7. The Morgan fingerprint density at radius 3 is 2.69 bits per heavy atom. The molecule has 0 amide bonds. The zero-order valence-electron chi connectivity index (χ0n) is 18.4. The molecule has 32 heavy (non-hydrogen) atoms. The van der Waals surface area contributed by atoms with Crippen molar-refractivity contribution in [3.05, 3.63) is 90.5 Å². The van der Waals surface area contributed by atoms with E-state index in [0.717, 1.165) is 41.6 Å². The number of hydrogen-bond donors (Lipinski definition) is 0. The van der Waals surface area contributed by atoms with E-state index in [-0.39, 0.29) is 18.1 Å². The van der Waals surface area contributed by atoms with Crippen LogP contribution in [0.15, 0.2) is 79.4 Å². The second-order valence-electron chi connectivity index (χ2n) is 8.87. The van der Waals surface area contributed by atoms with Crippen LogP contribution in [0.1, 0.15) is 34.9 Å². The third-order valence-corrected chi connectivity index (χ3v) is 7.18. The van der Waals surface area contributed by atoms with E-state index >= 15 is 0 Å². The fourth-order valence-electron chi connectivity index (χ4n) is 5.45. The molecular formula is C28H29NO3. The van der Waals surface area contributed by atoms with Crippen LogP contribution in [-0.2, 0) is 4.74 Å². The summed E-state index contributed by atoms with van der Waals surface area (Å²) in [6.07, 6.45) is 3.92. The number of carbonyl (C=O) groups is 1. The number of nitrogens with zero attached hydrogens (tertiary/aromatic N) is 1. The number of methoxy groups -OCH3 is 1. The van der Waals surface area contributed by atoms with Crippen LogP contribution in [0, 0.1) is 11.8 Å². The zero-order chi connectivity index (χ0) is 22.1. The number of ether oxygens (including phenoxy) is 2. The van der Waals surface area contributed by atoms with Crippen LogP contribution in [0.2, 0.25) is 0 Å². The van der Waals surface area contributed by atoms with Crippen molar-refractivity contribution < 1.29 is 14.3 Å². The van der Waals surface area contributed by atoms with Gasteiger partial charge in [0.1, 0.15) is 11.9 Å². The number of esters is 1. The Balaban J connectivity index is 1.57. The Labute approximate surface area is 189 Å². The molecule has 3 saturated heterocycles. The van der Waals surface area contributed by atoms with Crippen molar-refractivity contribution in [3.63, 3.8) is 0 Å². The highest BCUT2D eigenvalue weighted by Crippen LogP contribution is 2.44. The first-order valence-corrected chi connectivity index (χ1v) is 11.4. The van der Waals surface area contributed by atoms with Crippen molar-refractivity contribution in [2.75, 3.05) is 20.2 Å². The minimum Gasteiger partial charge on any atom is -0.497 e. The number of hydrogen-bond acceptors (Lipinski definition) is 4. The summed E-state index contributed by atoms with van der Waals surface area (Å²) in [7, 11) is 1.68. The Bertz CT molecular complexity index is 1130. The number of carbonyl (C=O) groups excluding carboxylic acids is 1. The van der Waals surface area contributed by atoms with Gasteiger partial charge in [-0.15, -0.1) is 6.58 Å². The molecule has 2 bridgehead atoms. The van der Waals surface area contributed by atoms with Crippen LogP contribution in [0.25, 0.3) is 10.8 Å². The number of benzene rings is 3. The molecule has 4 nitrogen and oxygen atoms in total. The largest absolute Gasteiger partial charge is 0.497 e. The average Bonchev–Trinajstić information content (AvgIpc) is 2.87. The van der Waals surface area contributed by atoms with Crippen molar-refractivity contribution in [2.24, 2.45) is 11.8 Å². The van der Waals surface area contributed by atoms with Crippen LogP contribution in [0.5, 0.6) is 5.75 Å². The van der Waals surface area contributed by atoms with E-state index in [2.05, 4.69) is 47.9 Å². The molecule has 5 atom stereocenters. The van der Waals surface area contributed by atoms with Gasteiger partial charge in [-0.25, -0.2) is 4.79 Å². The molecule has 3 aromatic carbocycles. The van der Waals surface area contributed by atoms with E-state index < -0.39 is 0 Å². The molecule has 0 aromatic heterocycles. The first-order valence-electron chi connectivity index (χ1n) is 11.4. The minimum absolute atomic E-state index is 0.148. The predicted molar refractivity (Wildman–Crippen MR) is 127 cm³/mol. The monoisotopic (exact) mass is 427 g/mol. The topological polar surface area (TPSA) is 38.8 Å². The zero-order valence-corrected chi connectivity index (χ0v) is 18.4. The van der Waals surface area contributed by atoms with Crippen molar-refractivity contribution >= 4 is 16.7 Å². The first kappa shape index (κ1) is 20.8. The highest BCUT2D eigenvalue weighted by molar-refractivity contribution is 5.91. The van der Waals surface area contributed by atoms with Crippen molar-refractivity contribution in [2.45, 2.75) is 25.0 Å². The van der Waals surface area contributed by atoms with Gasteiger partial charge >= 0.3 is 5.97 Å². The molecule has 0 radical (unpaired) electrons. The summed E-state index contributed by atoms with van der Waals surface area (Å²) in [5.41, 5.74) is 1.62. The van der Waals surface area contributed by atoms with Gasteiger partial charge in [-0.2, -0.15) is 0 Å². The molecule has 3 aromatic rings. The van der Waals surface area contributed by atoms with Crippen LogP contribution in [-0.4, -0.2) is 37.1 Å². The highest BCUT2D eigenvalue weighted by Gasteiger charge is 2.44. The normalized spacial score (nSPS) is 25.3. The second kappa shape index (κ2) is 8.79. The molecule has 6 rings (SSSR count). The molecule has 0 saturated carbocycles. The smallest absolute Gasteiger partial charge is 0.338 e. The summed E-state index contributed by atoms with van der Waals surface area (Å²) in [5, 5.41) is 2.18. The lowest BCUT2D eigenvalue weighted by molar-refractivity contribution is -0.0567. The summed E-state index contributed by atoms with van der Waals surface area (Å²) in [5.74, 6) is 1.62. The fourth-order valence-corrected chi connectivity index (χ4v) is 5.45. The molecule has 0 spiro atoms. The molecule has 3 fully saturated rings. The number of rotatable bonds is 6.